The van der Waals surface area contributed by atoms with Gasteiger partial charge < -0.3 is 13.7 Å². The third-order valence-electron chi connectivity index (χ3n) is 15.6. The van der Waals surface area contributed by atoms with Crippen LogP contribution < -0.4 is 0 Å². The summed E-state index contributed by atoms with van der Waals surface area (Å²) in [4.78, 5) is 0. The van der Waals surface area contributed by atoms with Gasteiger partial charge in [0.15, 0.2) is 0 Å². The van der Waals surface area contributed by atoms with Gasteiger partial charge >= 0.3 is 0 Å². The second kappa shape index (κ2) is 13.4. The topological polar surface area (TPSA) is 14.8 Å². The molecule has 12 aromatic rings. The van der Waals surface area contributed by atoms with Crippen LogP contribution >= 0.6 is 11.3 Å². The predicted molar refractivity (Wildman–Crippen MR) is 270 cm³/mol. The maximum Gasteiger partial charge on any atom is 0.0705 e. The smallest absolute Gasteiger partial charge is 0.0705 e. The summed E-state index contributed by atoms with van der Waals surface area (Å²) in [5.74, 6) is 1.19. The minimum Gasteiger partial charge on any atom is -0.330 e. The lowest BCUT2D eigenvalue weighted by atomic mass is 9.82. The lowest BCUT2D eigenvalue weighted by Crippen LogP contribution is -2.35. The largest absolute Gasteiger partial charge is 0.330 e. The summed E-state index contributed by atoms with van der Waals surface area (Å²) in [6.45, 7) is 9.74. The third kappa shape index (κ3) is 5.02. The first-order valence-electron chi connectivity index (χ1n) is 22.9. The van der Waals surface area contributed by atoms with E-state index in [2.05, 4.69) is 217 Å². The van der Waals surface area contributed by atoms with Crippen molar-refractivity contribution in [3.8, 4) is 5.69 Å². The Morgan fingerprint density at radius 1 is 0.460 bits per heavy atom. The molecule has 4 heteroatoms. The Morgan fingerprint density at radius 3 is 1.57 bits per heavy atom. The van der Waals surface area contributed by atoms with Crippen molar-refractivity contribution in [3.63, 3.8) is 0 Å². The fraction of sp³-hybridized carbons (Fsp3) is 0.186. The highest BCUT2D eigenvalue weighted by Gasteiger charge is 2.51. The average molecular weight is 832 g/mol. The lowest BCUT2D eigenvalue weighted by molar-refractivity contribution is 0.344. The third-order valence-corrected chi connectivity index (χ3v) is 16.7. The summed E-state index contributed by atoms with van der Waals surface area (Å²) in [6.07, 6.45) is 3.15. The number of fused-ring (bicyclic) bond motifs is 12. The predicted octanol–water partition coefficient (Wildman–Crippen LogP) is 16.4. The van der Waals surface area contributed by atoms with Gasteiger partial charge in [0.1, 0.15) is 0 Å². The molecule has 13 rings (SSSR count). The summed E-state index contributed by atoms with van der Waals surface area (Å²) in [5, 5.41) is 10.6. The van der Waals surface area contributed by atoms with Gasteiger partial charge in [0.25, 0.3) is 0 Å². The van der Waals surface area contributed by atoms with Crippen molar-refractivity contribution in [1.82, 2.24) is 13.7 Å². The van der Waals surface area contributed by atoms with E-state index in [1.54, 1.807) is 0 Å². The second-order valence-electron chi connectivity index (χ2n) is 18.5. The number of aromatic nitrogens is 3. The minimum absolute atomic E-state index is 0.229. The Bertz CT molecular complexity index is 3760. The van der Waals surface area contributed by atoms with Crippen LogP contribution in [0.3, 0.4) is 0 Å². The molecule has 306 valence electrons. The fourth-order valence-corrected chi connectivity index (χ4v) is 13.4. The Kier molecular flexibility index (Phi) is 7.89. The second-order valence-corrected chi connectivity index (χ2v) is 19.6. The van der Waals surface area contributed by atoms with E-state index in [9.17, 15) is 0 Å². The van der Waals surface area contributed by atoms with Gasteiger partial charge in [0.2, 0.25) is 0 Å². The van der Waals surface area contributed by atoms with Gasteiger partial charge in [-0.25, -0.2) is 0 Å². The number of nitrogens with zero attached hydrogens (tertiary/aromatic N) is 3. The first-order valence-corrected chi connectivity index (χ1v) is 23.7. The number of rotatable bonds is 8. The standard InChI is InChI=1S/C59H49N3S/c1-5-59(6-2,39-28-31-51-47(35-39)43-19-7-12-22-50(43)60(51)40-29-30-46-45-21-11-16-26-56(45)63-57(46)36-40)62-54-25-15-10-20-44(54)48-34-38(27-32-55(48)62)58(4,49-33-37(49)3)61-52-23-13-8-17-41(52)42-18-9-14-24-53(42)61/h7-32,34-37,49H,5-6,33H2,1-4H3. The zero-order valence-corrected chi connectivity index (χ0v) is 37.1. The molecule has 0 bridgehead atoms. The molecule has 3 unspecified atom stereocenters. The molecule has 0 saturated heterocycles. The number of para-hydroxylation sites is 4. The van der Waals surface area contributed by atoms with Crippen LogP contribution in [0.15, 0.2) is 176 Å². The number of benzene rings is 8. The van der Waals surface area contributed by atoms with Gasteiger partial charge in [0, 0.05) is 80.2 Å². The minimum atomic E-state index is -0.280. The Hall–Kier alpha value is -6.62. The Balaban J connectivity index is 1.01. The lowest BCUT2D eigenvalue weighted by Gasteiger charge is -2.37. The highest BCUT2D eigenvalue weighted by Crippen LogP contribution is 2.56. The summed E-state index contributed by atoms with van der Waals surface area (Å²) < 4.78 is 10.6. The zero-order chi connectivity index (χ0) is 42.2. The Labute approximate surface area is 371 Å². The molecule has 1 aliphatic rings. The summed E-state index contributed by atoms with van der Waals surface area (Å²) in [5.41, 5.74) is 11.2. The quantitative estimate of drug-likeness (QED) is 0.145. The summed E-state index contributed by atoms with van der Waals surface area (Å²) >= 11 is 1.88. The van der Waals surface area contributed by atoms with Crippen LogP contribution in [0, 0.1) is 11.8 Å². The monoisotopic (exact) mass is 831 g/mol. The molecule has 1 aliphatic carbocycles. The van der Waals surface area contributed by atoms with Crippen molar-refractivity contribution < 1.29 is 0 Å². The molecule has 1 saturated carbocycles. The highest BCUT2D eigenvalue weighted by molar-refractivity contribution is 7.25. The molecule has 0 radical (unpaired) electrons. The number of hydrogen-bond acceptors (Lipinski definition) is 1. The van der Waals surface area contributed by atoms with Crippen LogP contribution in [0.25, 0.3) is 91.3 Å². The van der Waals surface area contributed by atoms with Crippen molar-refractivity contribution in [1.29, 1.82) is 0 Å². The van der Waals surface area contributed by atoms with Gasteiger partial charge in [-0.05, 0) is 116 Å². The molecule has 0 amide bonds. The van der Waals surface area contributed by atoms with Gasteiger partial charge in [0.05, 0.1) is 22.1 Å². The van der Waals surface area contributed by atoms with Crippen LogP contribution in [-0.2, 0) is 11.1 Å². The van der Waals surface area contributed by atoms with Crippen molar-refractivity contribution in [2.75, 3.05) is 0 Å². The van der Waals surface area contributed by atoms with E-state index in [1.165, 1.54) is 109 Å². The number of hydrogen-bond donors (Lipinski definition) is 0. The molecule has 4 aromatic heterocycles. The van der Waals surface area contributed by atoms with E-state index in [0.29, 0.717) is 11.8 Å². The summed E-state index contributed by atoms with van der Waals surface area (Å²) in [7, 11) is 0. The van der Waals surface area contributed by atoms with Crippen LogP contribution in [0.2, 0.25) is 0 Å². The molecule has 1 fully saturated rings. The molecule has 3 atom stereocenters. The van der Waals surface area contributed by atoms with E-state index in [-0.39, 0.29) is 11.1 Å². The fourth-order valence-electron chi connectivity index (χ4n) is 12.3. The van der Waals surface area contributed by atoms with Crippen molar-refractivity contribution in [2.45, 2.75) is 58.0 Å². The molecular weight excluding hydrogens is 783 g/mol. The normalized spacial score (nSPS) is 16.8. The first kappa shape index (κ1) is 37.0. The van der Waals surface area contributed by atoms with Crippen LogP contribution in [0.1, 0.15) is 58.1 Å². The molecule has 63 heavy (non-hydrogen) atoms. The SMILES string of the molecule is CCC(CC)(c1ccc2c(c1)c1ccccc1n2-c1ccc2c(c1)sc1ccccc12)n1c2ccccc2c2cc(C(C)(C3CC3C)n3c4ccccc4c4ccccc43)ccc21. The van der Waals surface area contributed by atoms with Crippen LogP contribution in [0.4, 0.5) is 0 Å². The van der Waals surface area contributed by atoms with Crippen LogP contribution in [-0.4, -0.2) is 13.7 Å². The first-order chi connectivity index (χ1) is 30.9. The van der Waals surface area contributed by atoms with Crippen molar-refractivity contribution in [2.24, 2.45) is 11.8 Å². The van der Waals surface area contributed by atoms with Gasteiger partial charge in [-0.1, -0.05) is 130 Å². The molecule has 0 N–H and O–H groups in total. The van der Waals surface area contributed by atoms with Crippen LogP contribution in [0.5, 0.6) is 0 Å². The van der Waals surface area contributed by atoms with Gasteiger partial charge in [-0.15, -0.1) is 11.3 Å². The van der Waals surface area contributed by atoms with E-state index in [1.807, 2.05) is 11.3 Å². The Morgan fingerprint density at radius 2 is 0.921 bits per heavy atom. The molecule has 0 aliphatic heterocycles. The summed E-state index contributed by atoms with van der Waals surface area (Å²) in [6, 6.07) is 66.9. The molecule has 0 spiro atoms. The zero-order valence-electron chi connectivity index (χ0n) is 36.3. The van der Waals surface area contributed by atoms with Gasteiger partial charge in [-0.2, -0.15) is 0 Å². The molecule has 4 heterocycles. The average Bonchev–Trinajstić information content (AvgIpc) is 3.60. The van der Waals surface area contributed by atoms with E-state index in [4.69, 9.17) is 0 Å². The van der Waals surface area contributed by atoms with E-state index >= 15 is 0 Å². The number of thiophene rings is 1. The van der Waals surface area contributed by atoms with Crippen molar-refractivity contribution in [3.05, 3.63) is 187 Å². The highest BCUT2D eigenvalue weighted by atomic mass is 32.1. The molecule has 8 aromatic carbocycles. The maximum atomic E-state index is 2.72. The van der Waals surface area contributed by atoms with E-state index < -0.39 is 0 Å². The molecular formula is C59H49N3S. The maximum absolute atomic E-state index is 2.72. The van der Waals surface area contributed by atoms with E-state index in [0.717, 1.165) is 12.8 Å². The van der Waals surface area contributed by atoms with Crippen molar-refractivity contribution >= 4 is 96.9 Å². The van der Waals surface area contributed by atoms with Gasteiger partial charge in [-0.3, -0.25) is 0 Å². The molecule has 3 nitrogen and oxygen atoms in total.